The lowest BCUT2D eigenvalue weighted by Crippen LogP contribution is -2.39. The van der Waals surface area contributed by atoms with Crippen LogP contribution in [0.4, 0.5) is 0 Å². The summed E-state index contributed by atoms with van der Waals surface area (Å²) in [5.41, 5.74) is 0.800. The molecular weight excluding hydrogens is 302 g/mol. The van der Waals surface area contributed by atoms with E-state index in [2.05, 4.69) is 4.72 Å². The maximum atomic E-state index is 12.5. The van der Waals surface area contributed by atoms with Gasteiger partial charge in [0.05, 0.1) is 17.1 Å². The summed E-state index contributed by atoms with van der Waals surface area (Å²) in [6.45, 7) is 5.88. The van der Waals surface area contributed by atoms with E-state index in [9.17, 15) is 8.42 Å². The Morgan fingerprint density at radius 3 is 2.91 bits per heavy atom. The lowest BCUT2D eigenvalue weighted by atomic mass is 9.89. The van der Waals surface area contributed by atoms with E-state index in [1.165, 1.54) is 0 Å². The smallest absolute Gasteiger partial charge is 0.240 e. The third-order valence-corrected chi connectivity index (χ3v) is 5.75. The molecule has 1 unspecified atom stereocenters. The number of hydrogen-bond donors (Lipinski definition) is 1. The van der Waals surface area contributed by atoms with Crippen molar-refractivity contribution in [3.8, 4) is 5.75 Å². The Labute approximate surface area is 132 Å². The van der Waals surface area contributed by atoms with Crippen LogP contribution < -0.4 is 9.46 Å². The molecule has 0 bridgehead atoms. The average Bonchev–Trinajstić information content (AvgIpc) is 2.91. The molecule has 1 fully saturated rings. The highest BCUT2D eigenvalue weighted by Gasteiger charge is 2.29. The Hall–Kier alpha value is -1.11. The van der Waals surface area contributed by atoms with E-state index >= 15 is 0 Å². The van der Waals surface area contributed by atoms with Crippen LogP contribution in [0.1, 0.15) is 32.3 Å². The third-order valence-electron chi connectivity index (χ3n) is 4.33. The Morgan fingerprint density at radius 2 is 2.14 bits per heavy atom. The van der Waals surface area contributed by atoms with Crippen LogP contribution in [0.2, 0.25) is 0 Å². The second-order valence-corrected chi connectivity index (χ2v) is 8.45. The Balaban J connectivity index is 1.66. The summed E-state index contributed by atoms with van der Waals surface area (Å²) < 4.78 is 38.7. The molecule has 122 valence electrons. The molecular formula is C16H23NO4S. The normalized spacial score (nSPS) is 23.8. The molecule has 1 aromatic carbocycles. The summed E-state index contributed by atoms with van der Waals surface area (Å²) in [4.78, 5) is 0.322. The number of ether oxygens (including phenoxy) is 2. The fraction of sp³-hybridized carbons (Fsp3) is 0.625. The van der Waals surface area contributed by atoms with E-state index in [1.807, 2.05) is 13.8 Å². The molecule has 1 saturated heterocycles. The second kappa shape index (κ2) is 5.83. The van der Waals surface area contributed by atoms with Gasteiger partial charge in [0.15, 0.2) is 0 Å². The quantitative estimate of drug-likeness (QED) is 0.921. The number of hydrogen-bond acceptors (Lipinski definition) is 4. The minimum Gasteiger partial charge on any atom is -0.493 e. The van der Waals surface area contributed by atoms with Gasteiger partial charge in [-0.2, -0.15) is 0 Å². The van der Waals surface area contributed by atoms with Crippen molar-refractivity contribution in [3.63, 3.8) is 0 Å². The van der Waals surface area contributed by atoms with E-state index in [0.717, 1.165) is 30.6 Å². The molecule has 0 aliphatic carbocycles. The van der Waals surface area contributed by atoms with E-state index in [0.29, 0.717) is 30.6 Å². The van der Waals surface area contributed by atoms with Gasteiger partial charge in [0.25, 0.3) is 0 Å². The standard InChI is InChI=1S/C16H23NO4S/c1-16(2)10-12(5-8-21-16)11-17-22(18,19)14-3-4-15-13(9-14)6-7-20-15/h3-4,9,12,17H,5-8,10-11H2,1-2H3. The van der Waals surface area contributed by atoms with Crippen molar-refractivity contribution >= 4 is 10.0 Å². The molecule has 0 aromatic heterocycles. The predicted octanol–water partition coefficient (Wildman–Crippen LogP) is 2.11. The van der Waals surface area contributed by atoms with Crippen molar-refractivity contribution < 1.29 is 17.9 Å². The Bertz CT molecular complexity index is 654. The van der Waals surface area contributed by atoms with Gasteiger partial charge in [0.2, 0.25) is 10.0 Å². The molecule has 2 heterocycles. The fourth-order valence-electron chi connectivity index (χ4n) is 3.17. The topological polar surface area (TPSA) is 64.6 Å². The van der Waals surface area contributed by atoms with Crippen LogP contribution in [-0.4, -0.2) is 33.8 Å². The molecule has 1 aromatic rings. The van der Waals surface area contributed by atoms with Gasteiger partial charge in [-0.15, -0.1) is 0 Å². The number of benzene rings is 1. The van der Waals surface area contributed by atoms with E-state index in [1.54, 1.807) is 18.2 Å². The largest absolute Gasteiger partial charge is 0.493 e. The lowest BCUT2D eigenvalue weighted by molar-refractivity contribution is -0.0711. The highest BCUT2D eigenvalue weighted by Crippen LogP contribution is 2.29. The predicted molar refractivity (Wildman–Crippen MR) is 83.6 cm³/mol. The molecule has 0 radical (unpaired) electrons. The van der Waals surface area contributed by atoms with Gasteiger partial charge in [-0.05, 0) is 56.4 Å². The van der Waals surface area contributed by atoms with Crippen molar-refractivity contribution in [1.82, 2.24) is 4.72 Å². The molecule has 22 heavy (non-hydrogen) atoms. The first-order chi connectivity index (χ1) is 10.4. The summed E-state index contributed by atoms with van der Waals surface area (Å²) >= 11 is 0. The van der Waals surface area contributed by atoms with Gasteiger partial charge in [0.1, 0.15) is 5.75 Å². The summed E-state index contributed by atoms with van der Waals surface area (Å²) in [5, 5.41) is 0. The summed E-state index contributed by atoms with van der Waals surface area (Å²) in [5.74, 6) is 1.11. The van der Waals surface area contributed by atoms with E-state index < -0.39 is 10.0 Å². The molecule has 3 rings (SSSR count). The van der Waals surface area contributed by atoms with Gasteiger partial charge >= 0.3 is 0 Å². The summed E-state index contributed by atoms with van der Waals surface area (Å²) in [7, 11) is -3.46. The van der Waals surface area contributed by atoms with Crippen molar-refractivity contribution in [1.29, 1.82) is 0 Å². The number of rotatable bonds is 4. The molecule has 6 heteroatoms. The van der Waals surface area contributed by atoms with Crippen molar-refractivity contribution in [2.75, 3.05) is 19.8 Å². The number of sulfonamides is 1. The van der Waals surface area contributed by atoms with E-state index in [4.69, 9.17) is 9.47 Å². The SMILES string of the molecule is CC1(C)CC(CNS(=O)(=O)c2ccc3c(c2)CCO3)CCO1. The third kappa shape index (κ3) is 3.45. The first-order valence-corrected chi connectivity index (χ1v) is 9.23. The summed E-state index contributed by atoms with van der Waals surface area (Å²) in [6, 6.07) is 5.08. The minimum atomic E-state index is -3.46. The fourth-order valence-corrected chi connectivity index (χ4v) is 4.34. The van der Waals surface area contributed by atoms with Crippen LogP contribution in [0, 0.1) is 5.92 Å². The Morgan fingerprint density at radius 1 is 1.32 bits per heavy atom. The van der Waals surface area contributed by atoms with Crippen molar-refractivity contribution in [3.05, 3.63) is 23.8 Å². The molecule has 0 spiro atoms. The number of fused-ring (bicyclic) bond motifs is 1. The molecule has 1 atom stereocenters. The maximum absolute atomic E-state index is 12.5. The highest BCUT2D eigenvalue weighted by molar-refractivity contribution is 7.89. The molecule has 0 saturated carbocycles. The highest BCUT2D eigenvalue weighted by atomic mass is 32.2. The van der Waals surface area contributed by atoms with Gasteiger partial charge in [-0.1, -0.05) is 0 Å². The number of nitrogens with one attached hydrogen (secondary N) is 1. The van der Waals surface area contributed by atoms with Gasteiger partial charge in [-0.25, -0.2) is 13.1 Å². The molecule has 5 nitrogen and oxygen atoms in total. The van der Waals surface area contributed by atoms with Crippen LogP contribution >= 0.6 is 0 Å². The van der Waals surface area contributed by atoms with Crippen LogP contribution in [0.25, 0.3) is 0 Å². The molecule has 1 N–H and O–H groups in total. The monoisotopic (exact) mass is 325 g/mol. The van der Waals surface area contributed by atoms with Crippen LogP contribution in [0.3, 0.4) is 0 Å². The van der Waals surface area contributed by atoms with Crippen LogP contribution in [0.5, 0.6) is 5.75 Å². The maximum Gasteiger partial charge on any atom is 0.240 e. The summed E-state index contributed by atoms with van der Waals surface area (Å²) in [6.07, 6.45) is 2.53. The van der Waals surface area contributed by atoms with Crippen molar-refractivity contribution in [2.45, 2.75) is 43.6 Å². The zero-order valence-electron chi connectivity index (χ0n) is 13.1. The minimum absolute atomic E-state index is 0.167. The van der Waals surface area contributed by atoms with Gasteiger partial charge in [0, 0.05) is 19.6 Å². The van der Waals surface area contributed by atoms with E-state index in [-0.39, 0.29) is 5.60 Å². The first kappa shape index (κ1) is 15.8. The van der Waals surface area contributed by atoms with Crippen LogP contribution in [0.15, 0.2) is 23.1 Å². The Kier molecular flexibility index (Phi) is 4.18. The van der Waals surface area contributed by atoms with Crippen molar-refractivity contribution in [2.24, 2.45) is 5.92 Å². The van der Waals surface area contributed by atoms with Crippen LogP contribution in [-0.2, 0) is 21.2 Å². The molecule has 2 aliphatic heterocycles. The average molecular weight is 325 g/mol. The zero-order chi connectivity index (χ0) is 15.8. The zero-order valence-corrected chi connectivity index (χ0v) is 13.9. The van der Waals surface area contributed by atoms with Gasteiger partial charge < -0.3 is 9.47 Å². The second-order valence-electron chi connectivity index (χ2n) is 6.69. The first-order valence-electron chi connectivity index (χ1n) is 7.75. The lowest BCUT2D eigenvalue weighted by Gasteiger charge is -2.35. The molecule has 0 amide bonds. The van der Waals surface area contributed by atoms with Gasteiger partial charge in [-0.3, -0.25) is 0 Å². The molecule has 2 aliphatic rings.